The highest BCUT2D eigenvalue weighted by molar-refractivity contribution is 5.78. The van der Waals surface area contributed by atoms with Crippen LogP contribution in [0.3, 0.4) is 0 Å². The Morgan fingerprint density at radius 1 is 1.41 bits per heavy atom. The maximum Gasteiger partial charge on any atom is 0.323 e. The molecule has 0 spiro atoms. The number of ether oxygens (including phenoxy) is 1. The molecule has 4 nitrogen and oxygen atoms in total. The summed E-state index contributed by atoms with van der Waals surface area (Å²) in [5.74, 6) is -0.702. The summed E-state index contributed by atoms with van der Waals surface area (Å²) in [6.45, 7) is 7.68. The summed E-state index contributed by atoms with van der Waals surface area (Å²) in [6.07, 6.45) is 4.02. The summed E-state index contributed by atoms with van der Waals surface area (Å²) >= 11 is 0. The fourth-order valence-electron chi connectivity index (χ4n) is 3.01. The second-order valence-corrected chi connectivity index (χ2v) is 6.17. The van der Waals surface area contributed by atoms with Gasteiger partial charge in [0.2, 0.25) is 0 Å². The molecular formula is C13H23NO3. The topological polar surface area (TPSA) is 49.8 Å². The van der Waals surface area contributed by atoms with E-state index in [1.54, 1.807) is 0 Å². The lowest BCUT2D eigenvalue weighted by Crippen LogP contribution is -2.50. The lowest BCUT2D eigenvalue weighted by Gasteiger charge is -2.33. The Balaban J connectivity index is 1.97. The van der Waals surface area contributed by atoms with E-state index < -0.39 is 11.5 Å². The molecule has 1 N–H and O–H groups in total. The molecule has 0 aromatic carbocycles. The van der Waals surface area contributed by atoms with E-state index >= 15 is 0 Å². The van der Waals surface area contributed by atoms with E-state index in [0.717, 1.165) is 38.8 Å². The van der Waals surface area contributed by atoms with Crippen LogP contribution in [-0.4, -0.2) is 46.3 Å². The van der Waals surface area contributed by atoms with Gasteiger partial charge in [-0.15, -0.1) is 0 Å². The summed E-state index contributed by atoms with van der Waals surface area (Å²) in [4.78, 5) is 13.4. The predicted molar refractivity (Wildman–Crippen MR) is 65.0 cm³/mol. The minimum atomic E-state index is -0.702. The van der Waals surface area contributed by atoms with Crippen LogP contribution in [0.5, 0.6) is 0 Å². The molecule has 0 saturated carbocycles. The van der Waals surface area contributed by atoms with Crippen LogP contribution in [0, 0.1) is 0 Å². The fourth-order valence-corrected chi connectivity index (χ4v) is 3.01. The number of rotatable bonds is 3. The van der Waals surface area contributed by atoms with Gasteiger partial charge >= 0.3 is 5.97 Å². The molecule has 4 heteroatoms. The van der Waals surface area contributed by atoms with Crippen molar-refractivity contribution < 1.29 is 14.6 Å². The van der Waals surface area contributed by atoms with Crippen molar-refractivity contribution in [2.75, 3.05) is 13.1 Å². The van der Waals surface area contributed by atoms with Crippen LogP contribution in [-0.2, 0) is 9.53 Å². The van der Waals surface area contributed by atoms with Gasteiger partial charge in [0.15, 0.2) is 0 Å². The van der Waals surface area contributed by atoms with Crippen molar-refractivity contribution in [2.45, 2.75) is 63.7 Å². The zero-order valence-electron chi connectivity index (χ0n) is 11.0. The summed E-state index contributed by atoms with van der Waals surface area (Å²) in [6, 6.07) is 0. The van der Waals surface area contributed by atoms with Crippen molar-refractivity contribution in [3.63, 3.8) is 0 Å². The van der Waals surface area contributed by atoms with Gasteiger partial charge in [0.05, 0.1) is 11.7 Å². The molecule has 0 aliphatic carbocycles. The lowest BCUT2D eigenvalue weighted by atomic mass is 9.98. The Hall–Kier alpha value is -0.610. The lowest BCUT2D eigenvalue weighted by molar-refractivity contribution is -0.149. The number of likely N-dealkylation sites (tertiary alicyclic amines) is 1. The number of nitrogens with zero attached hydrogens (tertiary/aromatic N) is 1. The number of hydrogen-bond donors (Lipinski definition) is 1. The predicted octanol–water partition coefficient (Wildman–Crippen LogP) is 1.88. The van der Waals surface area contributed by atoms with E-state index in [0.29, 0.717) is 0 Å². The first-order chi connectivity index (χ1) is 7.83. The SMILES string of the molecule is CC1(C)CCC(CN2CCCC2(C)C(=O)O)O1. The quantitative estimate of drug-likeness (QED) is 0.819. The molecule has 2 fully saturated rings. The van der Waals surface area contributed by atoms with E-state index in [-0.39, 0.29) is 11.7 Å². The summed E-state index contributed by atoms with van der Waals surface area (Å²) in [5.41, 5.74) is -0.722. The van der Waals surface area contributed by atoms with Crippen LogP contribution in [0.25, 0.3) is 0 Å². The molecular weight excluding hydrogens is 218 g/mol. The third-order valence-electron chi connectivity index (χ3n) is 4.23. The van der Waals surface area contributed by atoms with Gasteiger partial charge < -0.3 is 9.84 Å². The summed E-state index contributed by atoms with van der Waals surface area (Å²) < 4.78 is 5.95. The van der Waals surface area contributed by atoms with E-state index in [9.17, 15) is 9.90 Å². The Bertz CT molecular complexity index is 316. The van der Waals surface area contributed by atoms with Gasteiger partial charge in [-0.1, -0.05) is 0 Å². The fraction of sp³-hybridized carbons (Fsp3) is 0.923. The van der Waals surface area contributed by atoms with E-state index in [1.165, 1.54) is 0 Å². The molecule has 2 aliphatic rings. The molecule has 2 heterocycles. The Morgan fingerprint density at radius 2 is 2.12 bits per heavy atom. The van der Waals surface area contributed by atoms with Gasteiger partial charge in [-0.25, -0.2) is 0 Å². The number of aliphatic carboxylic acids is 1. The van der Waals surface area contributed by atoms with Gasteiger partial charge in [0.25, 0.3) is 0 Å². The van der Waals surface area contributed by atoms with Crippen LogP contribution in [0.4, 0.5) is 0 Å². The van der Waals surface area contributed by atoms with Crippen molar-refractivity contribution >= 4 is 5.97 Å². The van der Waals surface area contributed by atoms with E-state index in [1.807, 2.05) is 6.92 Å². The minimum Gasteiger partial charge on any atom is -0.480 e. The third-order valence-corrected chi connectivity index (χ3v) is 4.23. The van der Waals surface area contributed by atoms with Crippen molar-refractivity contribution in [3.05, 3.63) is 0 Å². The van der Waals surface area contributed by atoms with Crippen molar-refractivity contribution in [3.8, 4) is 0 Å². The number of carboxylic acids is 1. The molecule has 2 unspecified atom stereocenters. The molecule has 2 saturated heterocycles. The molecule has 0 amide bonds. The van der Waals surface area contributed by atoms with Crippen LogP contribution < -0.4 is 0 Å². The maximum atomic E-state index is 11.4. The average Bonchev–Trinajstić information content (AvgIpc) is 2.73. The van der Waals surface area contributed by atoms with Crippen molar-refractivity contribution in [2.24, 2.45) is 0 Å². The highest BCUT2D eigenvalue weighted by Gasteiger charge is 2.45. The Kier molecular flexibility index (Phi) is 3.21. The Labute approximate surface area is 103 Å². The van der Waals surface area contributed by atoms with Gasteiger partial charge in [-0.2, -0.15) is 0 Å². The number of hydrogen-bond acceptors (Lipinski definition) is 3. The normalized spacial score (nSPS) is 37.5. The molecule has 0 radical (unpaired) electrons. The van der Waals surface area contributed by atoms with Crippen molar-refractivity contribution in [1.82, 2.24) is 4.90 Å². The van der Waals surface area contributed by atoms with Gasteiger partial charge in [-0.3, -0.25) is 9.69 Å². The van der Waals surface area contributed by atoms with Gasteiger partial charge in [0.1, 0.15) is 5.54 Å². The first kappa shape index (κ1) is 12.8. The van der Waals surface area contributed by atoms with Crippen LogP contribution >= 0.6 is 0 Å². The first-order valence-electron chi connectivity index (χ1n) is 6.50. The maximum absolute atomic E-state index is 11.4. The second kappa shape index (κ2) is 4.25. The molecule has 2 atom stereocenters. The highest BCUT2D eigenvalue weighted by atomic mass is 16.5. The average molecular weight is 241 g/mol. The highest BCUT2D eigenvalue weighted by Crippen LogP contribution is 2.34. The molecule has 2 aliphatic heterocycles. The van der Waals surface area contributed by atoms with Crippen LogP contribution in [0.1, 0.15) is 46.5 Å². The minimum absolute atomic E-state index is 0.0377. The molecule has 0 aromatic rings. The van der Waals surface area contributed by atoms with Crippen LogP contribution in [0.15, 0.2) is 0 Å². The summed E-state index contributed by atoms with van der Waals surface area (Å²) in [5, 5.41) is 9.34. The smallest absolute Gasteiger partial charge is 0.323 e. The Morgan fingerprint density at radius 3 is 2.65 bits per heavy atom. The number of carboxylic acid groups (broad SMARTS) is 1. The summed E-state index contributed by atoms with van der Waals surface area (Å²) in [7, 11) is 0. The van der Waals surface area contributed by atoms with Crippen LogP contribution in [0.2, 0.25) is 0 Å². The standard InChI is InChI=1S/C13H23NO3/c1-12(2)7-5-10(17-12)9-14-8-4-6-13(14,3)11(15)16/h10H,4-9H2,1-3H3,(H,15,16). The van der Waals surface area contributed by atoms with Gasteiger partial charge in [0, 0.05) is 6.54 Å². The first-order valence-corrected chi connectivity index (χ1v) is 6.50. The molecule has 0 aromatic heterocycles. The third kappa shape index (κ3) is 2.47. The number of carbonyl (C=O) groups is 1. The van der Waals surface area contributed by atoms with Gasteiger partial charge in [-0.05, 0) is 53.0 Å². The van der Waals surface area contributed by atoms with Crippen molar-refractivity contribution in [1.29, 1.82) is 0 Å². The van der Waals surface area contributed by atoms with E-state index in [4.69, 9.17) is 4.74 Å². The molecule has 0 bridgehead atoms. The molecule has 2 rings (SSSR count). The largest absolute Gasteiger partial charge is 0.480 e. The monoisotopic (exact) mass is 241 g/mol. The van der Waals surface area contributed by atoms with E-state index in [2.05, 4.69) is 18.7 Å². The molecule has 17 heavy (non-hydrogen) atoms. The molecule has 98 valence electrons. The zero-order chi connectivity index (χ0) is 12.7. The zero-order valence-corrected chi connectivity index (χ0v) is 11.0. The second-order valence-electron chi connectivity index (χ2n) is 6.17.